The molecule has 102 valence electrons. The number of rotatable bonds is 6. The first-order valence-corrected chi connectivity index (χ1v) is 6.52. The zero-order valence-electron chi connectivity index (χ0n) is 11.4. The van der Waals surface area contributed by atoms with Crippen molar-refractivity contribution in [2.45, 2.75) is 19.5 Å². The molecule has 1 aromatic carbocycles. The van der Waals surface area contributed by atoms with Crippen LogP contribution in [0.1, 0.15) is 24.2 Å². The van der Waals surface area contributed by atoms with Gasteiger partial charge in [-0.1, -0.05) is 18.2 Å². The van der Waals surface area contributed by atoms with E-state index in [1.165, 1.54) is 0 Å². The second-order valence-corrected chi connectivity index (χ2v) is 4.45. The van der Waals surface area contributed by atoms with Crippen LogP contribution in [0.15, 0.2) is 48.7 Å². The first-order chi connectivity index (χ1) is 9.79. The van der Waals surface area contributed by atoms with Crippen molar-refractivity contribution < 1.29 is 4.74 Å². The average Bonchev–Trinajstić information content (AvgIpc) is 2.52. The van der Waals surface area contributed by atoms with E-state index >= 15 is 0 Å². The number of nitrogens with zero attached hydrogens (tertiary/aromatic N) is 2. The highest BCUT2D eigenvalue weighted by molar-refractivity contribution is 5.28. The maximum Gasteiger partial charge on any atom is 0.174 e. The molecule has 0 amide bonds. The van der Waals surface area contributed by atoms with Gasteiger partial charge in [0.1, 0.15) is 11.8 Å². The number of hydrogen-bond donors (Lipinski definition) is 1. The van der Waals surface area contributed by atoms with E-state index in [0.29, 0.717) is 0 Å². The fourth-order valence-electron chi connectivity index (χ4n) is 1.87. The Kier molecular flexibility index (Phi) is 5.10. The van der Waals surface area contributed by atoms with Crippen LogP contribution >= 0.6 is 0 Å². The molecule has 0 saturated carbocycles. The van der Waals surface area contributed by atoms with Crippen molar-refractivity contribution in [3.63, 3.8) is 0 Å². The molecule has 1 aromatic heterocycles. The fourth-order valence-corrected chi connectivity index (χ4v) is 1.87. The molecule has 0 aliphatic carbocycles. The van der Waals surface area contributed by atoms with E-state index < -0.39 is 0 Å². The maximum absolute atomic E-state index is 8.50. The molecule has 4 heteroatoms. The van der Waals surface area contributed by atoms with E-state index in [-0.39, 0.29) is 12.6 Å². The van der Waals surface area contributed by atoms with Gasteiger partial charge in [0.25, 0.3) is 0 Å². The largest absolute Gasteiger partial charge is 0.479 e. The minimum atomic E-state index is 0.0707. The predicted molar refractivity (Wildman–Crippen MR) is 77.0 cm³/mol. The lowest BCUT2D eigenvalue weighted by atomic mass is 10.1. The molecule has 0 unspecified atom stereocenters. The van der Waals surface area contributed by atoms with Crippen LogP contribution in [0.3, 0.4) is 0 Å². The van der Waals surface area contributed by atoms with Gasteiger partial charge in [-0.05, 0) is 36.8 Å². The number of nitriles is 1. The average molecular weight is 267 g/mol. The molecule has 2 aromatic rings. The summed E-state index contributed by atoms with van der Waals surface area (Å²) < 4.78 is 5.29. The molecular weight excluding hydrogens is 250 g/mol. The zero-order chi connectivity index (χ0) is 14.2. The fraction of sp³-hybridized carbons (Fsp3) is 0.250. The second kappa shape index (κ2) is 7.27. The van der Waals surface area contributed by atoms with Crippen LogP contribution in [0.25, 0.3) is 0 Å². The SMILES string of the molecule is C[C@@H](NCc1cccc(OCC#N)c1)c1ccccn1. The van der Waals surface area contributed by atoms with Crippen molar-refractivity contribution in [1.29, 1.82) is 5.26 Å². The van der Waals surface area contributed by atoms with Gasteiger partial charge in [0.15, 0.2) is 6.61 Å². The number of pyridine rings is 1. The molecule has 0 aliphatic rings. The van der Waals surface area contributed by atoms with Crippen molar-refractivity contribution in [3.05, 3.63) is 59.9 Å². The van der Waals surface area contributed by atoms with E-state index in [1.807, 2.05) is 48.5 Å². The van der Waals surface area contributed by atoms with Crippen molar-refractivity contribution in [3.8, 4) is 11.8 Å². The van der Waals surface area contributed by atoms with Crippen LogP contribution in [0.2, 0.25) is 0 Å². The highest BCUT2D eigenvalue weighted by Gasteiger charge is 2.05. The van der Waals surface area contributed by atoms with Gasteiger partial charge in [-0.15, -0.1) is 0 Å². The predicted octanol–water partition coefficient (Wildman–Crippen LogP) is 2.83. The number of nitrogens with one attached hydrogen (secondary N) is 1. The summed E-state index contributed by atoms with van der Waals surface area (Å²) in [7, 11) is 0. The molecule has 0 saturated heterocycles. The van der Waals surface area contributed by atoms with Crippen LogP contribution in [0.5, 0.6) is 5.75 Å². The molecule has 1 heterocycles. The van der Waals surface area contributed by atoms with E-state index in [0.717, 1.165) is 23.6 Å². The first kappa shape index (κ1) is 14.0. The highest BCUT2D eigenvalue weighted by atomic mass is 16.5. The summed E-state index contributed by atoms with van der Waals surface area (Å²) in [6, 6.07) is 15.8. The highest BCUT2D eigenvalue weighted by Crippen LogP contribution is 2.15. The minimum absolute atomic E-state index is 0.0707. The quantitative estimate of drug-likeness (QED) is 0.874. The molecule has 0 aliphatic heterocycles. The summed E-state index contributed by atoms with van der Waals surface area (Å²) in [4.78, 5) is 4.33. The molecule has 0 spiro atoms. The Hall–Kier alpha value is -2.38. The van der Waals surface area contributed by atoms with Gasteiger partial charge in [-0.25, -0.2) is 0 Å². The zero-order valence-corrected chi connectivity index (χ0v) is 11.4. The van der Waals surface area contributed by atoms with Gasteiger partial charge in [-0.3, -0.25) is 4.98 Å². The van der Waals surface area contributed by atoms with E-state index in [2.05, 4.69) is 17.2 Å². The lowest BCUT2D eigenvalue weighted by Crippen LogP contribution is -2.18. The molecule has 2 rings (SSSR count). The normalized spacial score (nSPS) is 11.6. The number of benzene rings is 1. The molecule has 0 radical (unpaired) electrons. The summed E-state index contributed by atoms with van der Waals surface area (Å²) in [6.07, 6.45) is 1.80. The van der Waals surface area contributed by atoms with Gasteiger partial charge in [0, 0.05) is 18.8 Å². The number of hydrogen-bond acceptors (Lipinski definition) is 4. The topological polar surface area (TPSA) is 57.9 Å². The summed E-state index contributed by atoms with van der Waals surface area (Å²) in [6.45, 7) is 2.88. The van der Waals surface area contributed by atoms with Gasteiger partial charge in [0.2, 0.25) is 0 Å². The summed E-state index contributed by atoms with van der Waals surface area (Å²) in [5, 5.41) is 11.9. The van der Waals surface area contributed by atoms with Crippen LogP contribution in [-0.4, -0.2) is 11.6 Å². The first-order valence-electron chi connectivity index (χ1n) is 6.52. The molecule has 4 nitrogen and oxygen atoms in total. The summed E-state index contributed by atoms with van der Waals surface area (Å²) in [5.74, 6) is 0.719. The molecule has 0 fully saturated rings. The molecule has 0 bridgehead atoms. The molecule has 20 heavy (non-hydrogen) atoms. The van der Waals surface area contributed by atoms with E-state index in [4.69, 9.17) is 10.00 Å². The van der Waals surface area contributed by atoms with Crippen LogP contribution in [0.4, 0.5) is 0 Å². The van der Waals surface area contributed by atoms with Gasteiger partial charge < -0.3 is 10.1 Å². The summed E-state index contributed by atoms with van der Waals surface area (Å²) >= 11 is 0. The van der Waals surface area contributed by atoms with E-state index in [9.17, 15) is 0 Å². The second-order valence-electron chi connectivity index (χ2n) is 4.45. The standard InChI is InChI=1S/C16H17N3O/c1-13(16-7-2-3-9-18-16)19-12-14-5-4-6-15(11-14)20-10-8-17/h2-7,9,11,13,19H,10,12H2,1H3/t13-/m1/s1. The van der Waals surface area contributed by atoms with E-state index in [1.54, 1.807) is 6.20 Å². The Balaban J connectivity index is 1.92. The minimum Gasteiger partial charge on any atom is -0.479 e. The Morgan fingerprint density at radius 2 is 2.20 bits per heavy atom. The molecule has 1 atom stereocenters. The van der Waals surface area contributed by atoms with Crippen LogP contribution < -0.4 is 10.1 Å². The van der Waals surface area contributed by atoms with Crippen molar-refractivity contribution in [2.24, 2.45) is 0 Å². The Morgan fingerprint density at radius 3 is 2.95 bits per heavy atom. The third kappa shape index (κ3) is 4.08. The third-order valence-corrected chi connectivity index (χ3v) is 2.95. The maximum atomic E-state index is 8.50. The van der Waals surface area contributed by atoms with Gasteiger partial charge >= 0.3 is 0 Å². The van der Waals surface area contributed by atoms with Crippen molar-refractivity contribution in [1.82, 2.24) is 10.3 Å². The number of ether oxygens (including phenoxy) is 1. The van der Waals surface area contributed by atoms with Crippen LogP contribution in [0, 0.1) is 11.3 Å². The Labute approximate surface area is 119 Å². The molecular formula is C16H17N3O. The van der Waals surface area contributed by atoms with Crippen molar-refractivity contribution in [2.75, 3.05) is 6.61 Å². The van der Waals surface area contributed by atoms with Gasteiger partial charge in [0.05, 0.1) is 5.69 Å². The lowest BCUT2D eigenvalue weighted by molar-refractivity contribution is 0.367. The number of aromatic nitrogens is 1. The molecule has 1 N–H and O–H groups in total. The lowest BCUT2D eigenvalue weighted by Gasteiger charge is -2.13. The van der Waals surface area contributed by atoms with Crippen molar-refractivity contribution >= 4 is 0 Å². The third-order valence-electron chi connectivity index (χ3n) is 2.95. The Bertz CT molecular complexity index is 578. The van der Waals surface area contributed by atoms with Gasteiger partial charge in [-0.2, -0.15) is 5.26 Å². The van der Waals surface area contributed by atoms with Crippen LogP contribution in [-0.2, 0) is 6.54 Å². The Morgan fingerprint density at radius 1 is 1.30 bits per heavy atom. The monoisotopic (exact) mass is 267 g/mol. The summed E-state index contributed by atoms with van der Waals surface area (Å²) in [5.41, 5.74) is 2.13. The smallest absolute Gasteiger partial charge is 0.174 e.